The number of unbranched alkanes of at least 4 members (excludes halogenated alkanes) is 1. The van der Waals surface area contributed by atoms with Crippen LogP contribution < -0.4 is 4.74 Å². The monoisotopic (exact) mass is 374 g/mol. The molecule has 0 aliphatic rings. The van der Waals surface area contributed by atoms with E-state index in [2.05, 4.69) is 60.6 Å². The molecule has 3 heteroatoms. The number of hydrogen-bond donors (Lipinski definition) is 0. The minimum Gasteiger partial charge on any atom is -0.493 e. The maximum Gasteiger partial charge on any atom is 0.331 e. The molecule has 0 amide bonds. The quantitative estimate of drug-likeness (QED) is 0.313. The van der Waals surface area contributed by atoms with Gasteiger partial charge in [0.15, 0.2) is 0 Å². The molecule has 0 spiro atoms. The van der Waals surface area contributed by atoms with Crippen molar-refractivity contribution >= 4 is 11.5 Å². The molecule has 0 aromatic heterocycles. The first-order valence-corrected chi connectivity index (χ1v) is 10.1. The van der Waals surface area contributed by atoms with Crippen LogP contribution in [0.1, 0.15) is 91.8 Å². The summed E-state index contributed by atoms with van der Waals surface area (Å²) in [5.74, 6) is 0.579. The Labute approximate surface area is 166 Å². The van der Waals surface area contributed by atoms with Crippen LogP contribution in [-0.4, -0.2) is 19.2 Å². The fourth-order valence-corrected chi connectivity index (χ4v) is 2.82. The molecule has 0 atom stereocenters. The first-order valence-electron chi connectivity index (χ1n) is 10.1. The summed E-state index contributed by atoms with van der Waals surface area (Å²) in [6.07, 6.45) is 3.66. The van der Waals surface area contributed by atoms with Crippen molar-refractivity contribution < 1.29 is 14.3 Å². The molecule has 0 unspecified atom stereocenters. The van der Waals surface area contributed by atoms with Crippen LogP contribution in [0.15, 0.2) is 18.2 Å². The fourth-order valence-electron chi connectivity index (χ4n) is 2.82. The van der Waals surface area contributed by atoms with Crippen LogP contribution in [0.25, 0.3) is 5.57 Å². The van der Waals surface area contributed by atoms with Gasteiger partial charge in [-0.3, -0.25) is 0 Å². The van der Waals surface area contributed by atoms with Crippen LogP contribution in [0.4, 0.5) is 0 Å². The van der Waals surface area contributed by atoms with Gasteiger partial charge in [0.2, 0.25) is 0 Å². The molecule has 0 aliphatic carbocycles. The standard InChI is InChI=1S/C24H38O3/c1-10-12-13-27-22-19(17(3)14-21(25)26-11-2)15-18(23(4,5)6)16-20(22)24(7,8)9/h14-16H,10-13H2,1-9H3/b17-14-. The number of carbonyl (C=O) groups is 1. The minimum atomic E-state index is -0.312. The third kappa shape index (κ3) is 6.71. The average Bonchev–Trinajstić information content (AvgIpc) is 2.52. The number of esters is 1. The highest BCUT2D eigenvalue weighted by Crippen LogP contribution is 2.41. The Balaban J connectivity index is 3.65. The van der Waals surface area contributed by atoms with Gasteiger partial charge in [-0.2, -0.15) is 0 Å². The second-order valence-electron chi connectivity index (χ2n) is 9.18. The van der Waals surface area contributed by atoms with Crippen LogP contribution in [0.2, 0.25) is 0 Å². The van der Waals surface area contributed by atoms with E-state index in [-0.39, 0.29) is 16.8 Å². The summed E-state index contributed by atoms with van der Waals surface area (Å²) < 4.78 is 11.4. The summed E-state index contributed by atoms with van der Waals surface area (Å²) in [4.78, 5) is 12.0. The Morgan fingerprint density at radius 1 is 1.04 bits per heavy atom. The third-order valence-electron chi connectivity index (χ3n) is 4.55. The Bertz CT molecular complexity index is 670. The van der Waals surface area contributed by atoms with Crippen molar-refractivity contribution in [1.82, 2.24) is 0 Å². The van der Waals surface area contributed by atoms with Crippen molar-refractivity contribution in [2.24, 2.45) is 0 Å². The lowest BCUT2D eigenvalue weighted by Gasteiger charge is -2.29. The van der Waals surface area contributed by atoms with E-state index in [1.807, 2.05) is 13.8 Å². The van der Waals surface area contributed by atoms with E-state index in [4.69, 9.17) is 9.47 Å². The van der Waals surface area contributed by atoms with E-state index >= 15 is 0 Å². The molecule has 27 heavy (non-hydrogen) atoms. The van der Waals surface area contributed by atoms with E-state index in [9.17, 15) is 4.79 Å². The van der Waals surface area contributed by atoms with Crippen molar-refractivity contribution in [3.05, 3.63) is 34.9 Å². The Kier molecular flexibility index (Phi) is 8.13. The second kappa shape index (κ2) is 9.43. The molecule has 0 radical (unpaired) electrons. The van der Waals surface area contributed by atoms with E-state index < -0.39 is 0 Å². The molecule has 3 nitrogen and oxygen atoms in total. The molecular formula is C24H38O3. The lowest BCUT2D eigenvalue weighted by molar-refractivity contribution is -0.137. The minimum absolute atomic E-state index is 0.000899. The highest BCUT2D eigenvalue weighted by atomic mass is 16.5. The number of allylic oxidation sites excluding steroid dienone is 1. The molecule has 0 bridgehead atoms. The highest BCUT2D eigenvalue weighted by Gasteiger charge is 2.26. The zero-order valence-electron chi connectivity index (χ0n) is 18.8. The smallest absolute Gasteiger partial charge is 0.331 e. The first kappa shape index (κ1) is 23.3. The van der Waals surface area contributed by atoms with Crippen LogP contribution in [0.3, 0.4) is 0 Å². The predicted octanol–water partition coefficient (Wildman–Crippen LogP) is 6.43. The third-order valence-corrected chi connectivity index (χ3v) is 4.55. The van der Waals surface area contributed by atoms with E-state index in [0.717, 1.165) is 29.7 Å². The predicted molar refractivity (Wildman–Crippen MR) is 115 cm³/mol. The SMILES string of the molecule is CCCCOc1c(/C(C)=C\C(=O)OCC)cc(C(C)(C)C)cc1C(C)(C)C. The van der Waals surface area contributed by atoms with Crippen LogP contribution in [0, 0.1) is 0 Å². The van der Waals surface area contributed by atoms with Crippen molar-refractivity contribution in [1.29, 1.82) is 0 Å². The first-order chi connectivity index (χ1) is 12.4. The van der Waals surface area contributed by atoms with Gasteiger partial charge in [-0.05, 0) is 48.3 Å². The molecule has 1 aromatic carbocycles. The van der Waals surface area contributed by atoms with Crippen molar-refractivity contribution in [2.45, 2.75) is 86.0 Å². The molecule has 0 saturated carbocycles. The van der Waals surface area contributed by atoms with Crippen molar-refractivity contribution in [3.63, 3.8) is 0 Å². The molecule has 0 aliphatic heterocycles. The molecule has 152 valence electrons. The van der Waals surface area contributed by atoms with E-state index in [1.54, 1.807) is 6.08 Å². The number of rotatable bonds is 7. The van der Waals surface area contributed by atoms with Gasteiger partial charge in [-0.25, -0.2) is 4.79 Å². The molecule has 1 rings (SSSR count). The van der Waals surface area contributed by atoms with Gasteiger partial charge >= 0.3 is 5.97 Å². The molecule has 1 aromatic rings. The molecule has 0 saturated heterocycles. The van der Waals surface area contributed by atoms with E-state index in [1.165, 1.54) is 11.1 Å². The van der Waals surface area contributed by atoms with Gasteiger partial charge in [-0.15, -0.1) is 0 Å². The second-order valence-corrected chi connectivity index (χ2v) is 9.18. The van der Waals surface area contributed by atoms with E-state index in [0.29, 0.717) is 13.2 Å². The fraction of sp³-hybridized carbons (Fsp3) is 0.625. The topological polar surface area (TPSA) is 35.5 Å². The van der Waals surface area contributed by atoms with Crippen LogP contribution in [0.5, 0.6) is 5.75 Å². The maximum atomic E-state index is 12.0. The summed E-state index contributed by atoms with van der Waals surface area (Å²) in [6.45, 7) is 20.2. The lowest BCUT2D eigenvalue weighted by atomic mass is 9.78. The largest absolute Gasteiger partial charge is 0.493 e. The van der Waals surface area contributed by atoms with Gasteiger partial charge in [0.05, 0.1) is 13.2 Å². The normalized spacial score (nSPS) is 12.9. The summed E-state index contributed by atoms with van der Waals surface area (Å²) in [6, 6.07) is 4.43. The summed E-state index contributed by atoms with van der Waals surface area (Å²) in [5, 5.41) is 0. The Morgan fingerprint density at radius 3 is 2.15 bits per heavy atom. The average molecular weight is 375 g/mol. The Morgan fingerprint density at radius 2 is 1.67 bits per heavy atom. The van der Waals surface area contributed by atoms with Gasteiger partial charge in [-0.1, -0.05) is 61.0 Å². The van der Waals surface area contributed by atoms with Crippen LogP contribution >= 0.6 is 0 Å². The number of ether oxygens (including phenoxy) is 2. The zero-order chi connectivity index (χ0) is 20.8. The van der Waals surface area contributed by atoms with Crippen molar-refractivity contribution in [2.75, 3.05) is 13.2 Å². The summed E-state index contributed by atoms with van der Waals surface area (Å²) in [7, 11) is 0. The number of benzene rings is 1. The van der Waals surface area contributed by atoms with Gasteiger partial charge in [0.25, 0.3) is 0 Å². The maximum absolute atomic E-state index is 12.0. The number of hydrogen-bond acceptors (Lipinski definition) is 3. The van der Waals surface area contributed by atoms with Gasteiger partial charge < -0.3 is 9.47 Å². The lowest BCUT2D eigenvalue weighted by Crippen LogP contribution is -2.19. The zero-order valence-corrected chi connectivity index (χ0v) is 18.8. The summed E-state index contributed by atoms with van der Waals surface area (Å²) in [5.41, 5.74) is 4.20. The Hall–Kier alpha value is -1.77. The molecular weight excluding hydrogens is 336 g/mol. The van der Waals surface area contributed by atoms with Gasteiger partial charge in [0, 0.05) is 17.2 Å². The highest BCUT2D eigenvalue weighted by molar-refractivity contribution is 5.92. The molecule has 0 fully saturated rings. The van der Waals surface area contributed by atoms with Crippen LogP contribution in [-0.2, 0) is 20.4 Å². The van der Waals surface area contributed by atoms with Crippen molar-refractivity contribution in [3.8, 4) is 5.75 Å². The summed E-state index contributed by atoms with van der Waals surface area (Å²) >= 11 is 0. The number of carbonyl (C=O) groups excluding carboxylic acids is 1. The molecule has 0 heterocycles. The van der Waals surface area contributed by atoms with Gasteiger partial charge in [0.1, 0.15) is 5.75 Å². The molecule has 0 N–H and O–H groups in total.